The van der Waals surface area contributed by atoms with Crippen molar-refractivity contribution in [1.82, 2.24) is 10.2 Å². The van der Waals surface area contributed by atoms with Crippen molar-refractivity contribution in [3.63, 3.8) is 0 Å². The van der Waals surface area contributed by atoms with Gasteiger partial charge in [-0.15, -0.1) is 0 Å². The summed E-state index contributed by atoms with van der Waals surface area (Å²) in [6.45, 7) is -1.41. The molecular weight excluding hydrogens is 452 g/mol. The van der Waals surface area contributed by atoms with E-state index in [4.69, 9.17) is 27.9 Å². The Morgan fingerprint density at radius 2 is 1.74 bits per heavy atom. The van der Waals surface area contributed by atoms with E-state index in [1.54, 1.807) is 0 Å². The zero-order valence-corrected chi connectivity index (χ0v) is 17.8. The zero-order chi connectivity index (χ0) is 23.0. The van der Waals surface area contributed by atoms with Crippen molar-refractivity contribution in [2.24, 2.45) is 0 Å². The number of hydrogen-bond acceptors (Lipinski definition) is 5. The van der Waals surface area contributed by atoms with Gasteiger partial charge in [-0.1, -0.05) is 23.2 Å². The van der Waals surface area contributed by atoms with Crippen molar-refractivity contribution in [3.8, 4) is 0 Å². The first-order valence-electron chi connectivity index (χ1n) is 8.84. The summed E-state index contributed by atoms with van der Waals surface area (Å²) in [6.07, 6.45) is 0. The van der Waals surface area contributed by atoms with E-state index in [1.807, 2.05) is 0 Å². The van der Waals surface area contributed by atoms with Gasteiger partial charge in [-0.25, -0.2) is 4.39 Å². The van der Waals surface area contributed by atoms with Gasteiger partial charge in [-0.3, -0.25) is 19.2 Å². The maximum Gasteiger partial charge on any atom is 0.325 e. The number of ether oxygens (including phenoxy) is 1. The third-order valence-corrected chi connectivity index (χ3v) is 4.41. The molecule has 0 fully saturated rings. The van der Waals surface area contributed by atoms with Crippen LogP contribution in [0.25, 0.3) is 0 Å². The van der Waals surface area contributed by atoms with Crippen LogP contribution in [-0.2, 0) is 19.1 Å². The quantitative estimate of drug-likeness (QED) is 0.577. The standard InChI is InChI=1S/C20H18Cl2FN3O5/c1-26(10-17(27)25-14-5-3-13(23)4-6-14)18(28)11-31-19(29)9-24-20(30)15-7-2-12(21)8-16(15)22/h2-8H,9-11H2,1H3,(H,24,30)(H,25,27). The lowest BCUT2D eigenvalue weighted by Gasteiger charge is -2.17. The minimum atomic E-state index is -0.851. The second-order valence-corrected chi connectivity index (χ2v) is 7.12. The van der Waals surface area contributed by atoms with E-state index in [2.05, 4.69) is 10.6 Å². The Morgan fingerprint density at radius 3 is 2.39 bits per heavy atom. The first kappa shape index (κ1) is 24.1. The van der Waals surface area contributed by atoms with Crippen molar-refractivity contribution in [1.29, 1.82) is 0 Å². The predicted octanol–water partition coefficient (Wildman–Crippen LogP) is 2.50. The van der Waals surface area contributed by atoms with Crippen LogP contribution in [0.15, 0.2) is 42.5 Å². The van der Waals surface area contributed by atoms with Crippen LogP contribution in [0.1, 0.15) is 10.4 Å². The molecule has 0 spiro atoms. The number of halogens is 3. The summed E-state index contributed by atoms with van der Waals surface area (Å²) in [4.78, 5) is 48.8. The summed E-state index contributed by atoms with van der Waals surface area (Å²) in [5.41, 5.74) is 0.497. The fourth-order valence-corrected chi connectivity index (χ4v) is 2.76. The molecule has 2 aromatic rings. The van der Waals surface area contributed by atoms with Crippen LogP contribution in [0.3, 0.4) is 0 Å². The summed E-state index contributed by atoms with van der Waals surface area (Å²) in [7, 11) is 1.35. The van der Waals surface area contributed by atoms with Gasteiger partial charge in [0, 0.05) is 17.8 Å². The second kappa shape index (κ2) is 11.3. The number of amides is 3. The van der Waals surface area contributed by atoms with Gasteiger partial charge in [0.1, 0.15) is 12.4 Å². The normalized spacial score (nSPS) is 10.2. The Bertz CT molecular complexity index is 985. The highest BCUT2D eigenvalue weighted by molar-refractivity contribution is 6.36. The maximum absolute atomic E-state index is 12.9. The molecule has 0 saturated carbocycles. The number of benzene rings is 2. The molecule has 0 unspecified atom stereocenters. The van der Waals surface area contributed by atoms with Crippen LogP contribution >= 0.6 is 23.2 Å². The molecule has 0 aliphatic carbocycles. The number of nitrogens with one attached hydrogen (secondary N) is 2. The average Bonchev–Trinajstić information content (AvgIpc) is 2.71. The monoisotopic (exact) mass is 469 g/mol. The number of anilines is 1. The molecule has 2 rings (SSSR count). The van der Waals surface area contributed by atoms with Gasteiger partial charge in [-0.2, -0.15) is 0 Å². The highest BCUT2D eigenvalue weighted by atomic mass is 35.5. The molecule has 0 aliphatic rings. The number of nitrogens with zero attached hydrogens (tertiary/aromatic N) is 1. The topological polar surface area (TPSA) is 105 Å². The molecule has 0 aliphatic heterocycles. The summed E-state index contributed by atoms with van der Waals surface area (Å²) < 4.78 is 17.7. The largest absolute Gasteiger partial charge is 0.454 e. The van der Waals surface area contributed by atoms with Crippen LogP contribution in [0.2, 0.25) is 10.0 Å². The van der Waals surface area contributed by atoms with E-state index in [1.165, 1.54) is 49.5 Å². The van der Waals surface area contributed by atoms with E-state index in [9.17, 15) is 23.6 Å². The van der Waals surface area contributed by atoms with Crippen molar-refractivity contribution >= 4 is 52.6 Å². The van der Waals surface area contributed by atoms with Gasteiger partial charge < -0.3 is 20.3 Å². The number of esters is 1. The lowest BCUT2D eigenvalue weighted by molar-refractivity contribution is -0.150. The molecule has 11 heteroatoms. The third kappa shape index (κ3) is 7.88. The Kier molecular flexibility index (Phi) is 8.77. The number of carbonyl (C=O) groups is 4. The number of rotatable bonds is 8. The molecule has 0 aromatic heterocycles. The lowest BCUT2D eigenvalue weighted by Crippen LogP contribution is -2.38. The number of carbonyl (C=O) groups excluding carboxylic acids is 4. The summed E-state index contributed by atoms with van der Waals surface area (Å²) in [5.74, 6) is -3.05. The van der Waals surface area contributed by atoms with Gasteiger partial charge in [-0.05, 0) is 42.5 Å². The molecule has 2 N–H and O–H groups in total. The molecule has 0 heterocycles. The molecule has 0 atom stereocenters. The first-order chi connectivity index (χ1) is 14.7. The molecule has 31 heavy (non-hydrogen) atoms. The molecule has 0 bridgehead atoms. The van der Waals surface area contributed by atoms with Gasteiger partial charge in [0.2, 0.25) is 5.91 Å². The molecule has 3 amide bonds. The lowest BCUT2D eigenvalue weighted by atomic mass is 10.2. The van der Waals surface area contributed by atoms with Gasteiger partial charge in [0.05, 0.1) is 17.1 Å². The van der Waals surface area contributed by atoms with E-state index in [0.29, 0.717) is 10.7 Å². The summed E-state index contributed by atoms with van der Waals surface area (Å²) in [5, 5.41) is 5.30. The summed E-state index contributed by atoms with van der Waals surface area (Å²) >= 11 is 11.7. The summed E-state index contributed by atoms with van der Waals surface area (Å²) in [6, 6.07) is 9.39. The van der Waals surface area contributed by atoms with E-state index < -0.39 is 42.7 Å². The smallest absolute Gasteiger partial charge is 0.325 e. The van der Waals surface area contributed by atoms with E-state index in [-0.39, 0.29) is 17.1 Å². The molecule has 2 aromatic carbocycles. The predicted molar refractivity (Wildman–Crippen MR) is 112 cm³/mol. The van der Waals surface area contributed by atoms with Crippen LogP contribution in [0, 0.1) is 5.82 Å². The SMILES string of the molecule is CN(CC(=O)Nc1ccc(F)cc1)C(=O)COC(=O)CNC(=O)c1ccc(Cl)cc1Cl. The van der Waals surface area contributed by atoms with Gasteiger partial charge >= 0.3 is 5.97 Å². The highest BCUT2D eigenvalue weighted by Gasteiger charge is 2.17. The van der Waals surface area contributed by atoms with Crippen molar-refractivity contribution in [2.75, 3.05) is 32.1 Å². The molecular formula is C20H18Cl2FN3O5. The minimum Gasteiger partial charge on any atom is -0.454 e. The van der Waals surface area contributed by atoms with Gasteiger partial charge in [0.25, 0.3) is 11.8 Å². The van der Waals surface area contributed by atoms with Gasteiger partial charge in [0.15, 0.2) is 6.61 Å². The Labute approximate surface area is 187 Å². The zero-order valence-electron chi connectivity index (χ0n) is 16.3. The van der Waals surface area contributed by atoms with Crippen LogP contribution in [0.4, 0.5) is 10.1 Å². The Balaban J connectivity index is 1.72. The molecule has 0 saturated heterocycles. The van der Waals surface area contributed by atoms with Crippen molar-refractivity contribution in [3.05, 3.63) is 63.9 Å². The molecule has 164 valence electrons. The van der Waals surface area contributed by atoms with E-state index >= 15 is 0 Å². The number of hydrogen-bond donors (Lipinski definition) is 2. The highest BCUT2D eigenvalue weighted by Crippen LogP contribution is 2.20. The minimum absolute atomic E-state index is 0.120. The fourth-order valence-electron chi connectivity index (χ4n) is 2.26. The van der Waals surface area contributed by atoms with E-state index in [0.717, 1.165) is 4.90 Å². The number of likely N-dealkylation sites (N-methyl/N-ethyl adjacent to an activating group) is 1. The van der Waals surface area contributed by atoms with Crippen molar-refractivity contribution < 1.29 is 28.3 Å². The average molecular weight is 470 g/mol. The third-order valence-electron chi connectivity index (χ3n) is 3.86. The molecule has 8 nitrogen and oxygen atoms in total. The van der Waals surface area contributed by atoms with Crippen LogP contribution in [-0.4, -0.2) is 55.3 Å². The van der Waals surface area contributed by atoms with Crippen LogP contribution in [0.5, 0.6) is 0 Å². The molecule has 0 radical (unpaired) electrons. The van der Waals surface area contributed by atoms with Crippen LogP contribution < -0.4 is 10.6 Å². The second-order valence-electron chi connectivity index (χ2n) is 6.27. The first-order valence-corrected chi connectivity index (χ1v) is 9.59. The Hall–Kier alpha value is -3.17. The maximum atomic E-state index is 12.9. The fraction of sp³-hybridized carbons (Fsp3) is 0.200. The van der Waals surface area contributed by atoms with Crippen molar-refractivity contribution in [2.45, 2.75) is 0 Å². The Morgan fingerprint density at radius 1 is 1.06 bits per heavy atom.